The second-order valence-electron chi connectivity index (χ2n) is 6.32. The van der Waals surface area contributed by atoms with Gasteiger partial charge in [0.15, 0.2) is 0 Å². The first kappa shape index (κ1) is 22.3. The van der Waals surface area contributed by atoms with Crippen LogP contribution in [0, 0.1) is 0 Å². The Morgan fingerprint density at radius 1 is 1.21 bits per heavy atom. The topological polar surface area (TPSA) is 110 Å². The maximum Gasteiger partial charge on any atom is 0.414 e. The summed E-state index contributed by atoms with van der Waals surface area (Å²) in [6.45, 7) is 7.06. The third-order valence-electron chi connectivity index (χ3n) is 3.87. The van der Waals surface area contributed by atoms with E-state index in [1.54, 1.807) is 0 Å². The fourth-order valence-corrected chi connectivity index (χ4v) is 2.48. The van der Waals surface area contributed by atoms with Gasteiger partial charge in [0.05, 0.1) is 6.04 Å². The van der Waals surface area contributed by atoms with Crippen molar-refractivity contribution < 1.29 is 24.6 Å². The number of nitrogens with zero attached hydrogens (tertiary/aromatic N) is 2. The van der Waals surface area contributed by atoms with Crippen LogP contribution >= 0.6 is 0 Å². The summed E-state index contributed by atoms with van der Waals surface area (Å²) in [6, 6.07) is 0.366. The number of carboxylic acids is 2. The first-order chi connectivity index (χ1) is 11.2. The van der Waals surface area contributed by atoms with Crippen molar-refractivity contribution in [1.82, 2.24) is 15.1 Å². The molecule has 0 aromatic rings. The van der Waals surface area contributed by atoms with E-state index >= 15 is 0 Å². The molecule has 1 amide bonds. The van der Waals surface area contributed by atoms with Crippen molar-refractivity contribution in [1.29, 1.82) is 0 Å². The van der Waals surface area contributed by atoms with Crippen LogP contribution in [-0.4, -0.2) is 83.7 Å². The Labute approximate surface area is 143 Å². The molecule has 1 fully saturated rings. The van der Waals surface area contributed by atoms with Gasteiger partial charge in [-0.2, -0.15) is 0 Å². The predicted molar refractivity (Wildman–Crippen MR) is 90.9 cm³/mol. The molecule has 3 N–H and O–H groups in total. The van der Waals surface area contributed by atoms with Crippen LogP contribution in [0.25, 0.3) is 0 Å². The summed E-state index contributed by atoms with van der Waals surface area (Å²) < 4.78 is 0. The molecule has 8 nitrogen and oxygen atoms in total. The molecule has 1 saturated heterocycles. The van der Waals surface area contributed by atoms with Gasteiger partial charge in [0.1, 0.15) is 0 Å². The number of aliphatic carboxylic acids is 2. The maximum absolute atomic E-state index is 12.3. The number of nitrogens with one attached hydrogen (secondary N) is 1. The van der Waals surface area contributed by atoms with Gasteiger partial charge in [-0.3, -0.25) is 4.79 Å². The van der Waals surface area contributed by atoms with Crippen molar-refractivity contribution >= 4 is 17.8 Å². The van der Waals surface area contributed by atoms with E-state index < -0.39 is 11.9 Å². The molecule has 140 valence electrons. The van der Waals surface area contributed by atoms with Crippen LogP contribution in [0.5, 0.6) is 0 Å². The smallest absolute Gasteiger partial charge is 0.414 e. The average molecular weight is 345 g/mol. The van der Waals surface area contributed by atoms with Crippen molar-refractivity contribution in [2.24, 2.45) is 0 Å². The molecule has 1 rings (SSSR count). The van der Waals surface area contributed by atoms with E-state index in [9.17, 15) is 4.79 Å². The van der Waals surface area contributed by atoms with Gasteiger partial charge in [0.2, 0.25) is 5.91 Å². The molecular weight excluding hydrogens is 314 g/mol. The number of carbonyl (C=O) groups is 3. The Kier molecular flexibility index (Phi) is 11.0. The predicted octanol–water partition coefficient (Wildman–Crippen LogP) is 0.473. The van der Waals surface area contributed by atoms with Gasteiger partial charge in [-0.1, -0.05) is 0 Å². The molecule has 24 heavy (non-hydrogen) atoms. The van der Waals surface area contributed by atoms with E-state index in [2.05, 4.69) is 31.2 Å². The van der Waals surface area contributed by atoms with Crippen molar-refractivity contribution in [3.8, 4) is 0 Å². The lowest BCUT2D eigenvalue weighted by Crippen LogP contribution is -2.50. The Morgan fingerprint density at radius 2 is 1.79 bits per heavy atom. The standard InChI is InChI=1S/C14H29N3O.C2H2O4/c1-12-8-5-6-11-17(12)14(18)13(2)15-9-7-10-16(3)4;3-1(4)2(5)6/h12-13,15H,5-11H2,1-4H3;(H,3,4)(H,5,6). The molecule has 2 unspecified atom stereocenters. The fraction of sp³-hybridized carbons (Fsp3) is 0.812. The second kappa shape index (κ2) is 11.8. The third-order valence-corrected chi connectivity index (χ3v) is 3.87. The van der Waals surface area contributed by atoms with Crippen LogP contribution in [0.4, 0.5) is 0 Å². The molecule has 0 aromatic carbocycles. The number of hydrogen-bond donors (Lipinski definition) is 3. The van der Waals surface area contributed by atoms with Gasteiger partial charge in [-0.15, -0.1) is 0 Å². The third kappa shape index (κ3) is 9.46. The van der Waals surface area contributed by atoms with Crippen LogP contribution < -0.4 is 5.32 Å². The number of rotatable bonds is 6. The van der Waals surface area contributed by atoms with Gasteiger partial charge < -0.3 is 25.3 Å². The number of hydrogen-bond acceptors (Lipinski definition) is 5. The molecule has 1 aliphatic rings. The first-order valence-electron chi connectivity index (χ1n) is 8.31. The van der Waals surface area contributed by atoms with Gasteiger partial charge >= 0.3 is 11.9 Å². The van der Waals surface area contributed by atoms with E-state index in [4.69, 9.17) is 19.8 Å². The maximum atomic E-state index is 12.3. The molecule has 1 aliphatic heterocycles. The van der Waals surface area contributed by atoms with Gasteiger partial charge in [-0.05, 0) is 66.7 Å². The molecule has 8 heteroatoms. The minimum absolute atomic E-state index is 0.0484. The number of amides is 1. The van der Waals surface area contributed by atoms with Crippen LogP contribution in [0.2, 0.25) is 0 Å². The summed E-state index contributed by atoms with van der Waals surface area (Å²) in [6.07, 6.45) is 4.65. The van der Waals surface area contributed by atoms with Crippen LogP contribution in [0.1, 0.15) is 39.5 Å². The number of carbonyl (C=O) groups excluding carboxylic acids is 1. The van der Waals surface area contributed by atoms with Gasteiger partial charge in [0, 0.05) is 12.6 Å². The van der Waals surface area contributed by atoms with Crippen LogP contribution in [0.15, 0.2) is 0 Å². The van der Waals surface area contributed by atoms with Crippen molar-refractivity contribution in [3.05, 3.63) is 0 Å². The number of carboxylic acid groups (broad SMARTS) is 2. The molecule has 0 radical (unpaired) electrons. The second-order valence-corrected chi connectivity index (χ2v) is 6.32. The molecule has 2 atom stereocenters. The van der Waals surface area contributed by atoms with Crippen molar-refractivity contribution in [2.45, 2.75) is 51.6 Å². The van der Waals surface area contributed by atoms with E-state index in [1.807, 2.05) is 11.8 Å². The molecule has 0 spiro atoms. The summed E-state index contributed by atoms with van der Waals surface area (Å²) in [7, 11) is 4.15. The Bertz CT molecular complexity index is 403. The molecular formula is C16H31N3O5. The molecule has 0 aliphatic carbocycles. The lowest BCUT2D eigenvalue weighted by molar-refractivity contribution is -0.159. The van der Waals surface area contributed by atoms with Crippen molar-refractivity contribution in [2.75, 3.05) is 33.7 Å². The van der Waals surface area contributed by atoms with Crippen molar-refractivity contribution in [3.63, 3.8) is 0 Å². The largest absolute Gasteiger partial charge is 0.473 e. The Hall–Kier alpha value is -1.67. The first-order valence-corrected chi connectivity index (χ1v) is 8.31. The highest BCUT2D eigenvalue weighted by atomic mass is 16.4. The number of likely N-dealkylation sites (tertiary alicyclic amines) is 1. The molecule has 0 saturated carbocycles. The summed E-state index contributed by atoms with van der Waals surface area (Å²) in [5, 5.41) is 18.1. The quantitative estimate of drug-likeness (QED) is 0.474. The average Bonchev–Trinajstić information content (AvgIpc) is 2.51. The lowest BCUT2D eigenvalue weighted by Gasteiger charge is -2.35. The monoisotopic (exact) mass is 345 g/mol. The van der Waals surface area contributed by atoms with E-state index in [-0.39, 0.29) is 11.9 Å². The summed E-state index contributed by atoms with van der Waals surface area (Å²) in [5.41, 5.74) is 0. The van der Waals surface area contributed by atoms with Crippen LogP contribution in [-0.2, 0) is 14.4 Å². The summed E-state index contributed by atoms with van der Waals surface area (Å²) in [5.74, 6) is -3.38. The molecule has 0 aromatic heterocycles. The summed E-state index contributed by atoms with van der Waals surface area (Å²) >= 11 is 0. The Morgan fingerprint density at radius 3 is 2.25 bits per heavy atom. The molecule has 1 heterocycles. The molecule has 0 bridgehead atoms. The Balaban J connectivity index is 0.000000754. The van der Waals surface area contributed by atoms with E-state index in [0.717, 1.165) is 38.9 Å². The SMILES string of the molecule is CC(NCCCN(C)C)C(=O)N1CCCCC1C.O=C(O)C(=O)O. The lowest BCUT2D eigenvalue weighted by atomic mass is 10.0. The highest BCUT2D eigenvalue weighted by molar-refractivity contribution is 6.27. The normalized spacial score (nSPS) is 18.5. The zero-order chi connectivity index (χ0) is 18.7. The number of piperidine rings is 1. The highest BCUT2D eigenvalue weighted by Gasteiger charge is 2.26. The highest BCUT2D eigenvalue weighted by Crippen LogP contribution is 2.17. The zero-order valence-corrected chi connectivity index (χ0v) is 15.1. The fourth-order valence-electron chi connectivity index (χ4n) is 2.48. The minimum atomic E-state index is -1.82. The van der Waals surface area contributed by atoms with Gasteiger partial charge in [-0.25, -0.2) is 9.59 Å². The van der Waals surface area contributed by atoms with Gasteiger partial charge in [0.25, 0.3) is 0 Å². The minimum Gasteiger partial charge on any atom is -0.473 e. The van der Waals surface area contributed by atoms with E-state index in [0.29, 0.717) is 6.04 Å². The van der Waals surface area contributed by atoms with E-state index in [1.165, 1.54) is 6.42 Å². The van der Waals surface area contributed by atoms with Crippen LogP contribution in [0.3, 0.4) is 0 Å². The zero-order valence-electron chi connectivity index (χ0n) is 15.1. The summed E-state index contributed by atoms with van der Waals surface area (Å²) in [4.78, 5) is 34.7.